The van der Waals surface area contributed by atoms with Crippen molar-refractivity contribution >= 4 is 33.5 Å². The van der Waals surface area contributed by atoms with E-state index in [4.69, 9.17) is 9.47 Å². The highest BCUT2D eigenvalue weighted by Gasteiger charge is 2.60. The Kier molecular flexibility index (Phi) is 4.06. The second-order valence-electron chi connectivity index (χ2n) is 7.32. The first-order valence-corrected chi connectivity index (χ1v) is 9.57. The molecule has 0 N–H and O–H groups in total. The van der Waals surface area contributed by atoms with E-state index in [1.165, 1.54) is 0 Å². The molecular weight excluding hydrogens is 364 g/mol. The molecule has 1 aliphatic carbocycles. The Morgan fingerprint density at radius 2 is 1.00 bits per heavy atom. The zero-order valence-corrected chi connectivity index (χ0v) is 15.6. The number of benzene rings is 4. The molecule has 5 rings (SSSR count). The summed E-state index contributed by atoms with van der Waals surface area (Å²) in [5.74, 6) is -0.201. The molecule has 0 bridgehead atoms. The summed E-state index contributed by atoms with van der Waals surface area (Å²) in [4.78, 5) is 25.8. The van der Waals surface area contributed by atoms with E-state index in [-0.39, 0.29) is 0 Å². The molecule has 0 spiro atoms. The molecule has 142 valence electrons. The minimum Gasteiger partial charge on any atom is -0.425 e. The number of carbonyl (C=O) groups is 2. The Hall–Kier alpha value is -3.66. The van der Waals surface area contributed by atoms with Crippen molar-refractivity contribution in [3.63, 3.8) is 0 Å². The maximum absolute atomic E-state index is 12.9. The number of esters is 2. The fourth-order valence-corrected chi connectivity index (χ4v) is 3.58. The standard InChI is InChI=1S/C25H18O4/c26-23(28-21-13-5-9-17-7-1-3-11-19(17)21)25(15-16-25)24(27)29-22-14-6-10-18-8-2-4-12-20(18)22/h1-14H,15-16H2. The first kappa shape index (κ1) is 17.4. The largest absolute Gasteiger partial charge is 0.425 e. The Morgan fingerprint density at radius 1 is 0.586 bits per heavy atom. The Labute approximate surface area is 167 Å². The van der Waals surface area contributed by atoms with Crippen LogP contribution in [0.1, 0.15) is 12.8 Å². The van der Waals surface area contributed by atoms with Crippen molar-refractivity contribution in [2.45, 2.75) is 12.8 Å². The van der Waals surface area contributed by atoms with Crippen molar-refractivity contribution in [1.82, 2.24) is 0 Å². The number of hydrogen-bond donors (Lipinski definition) is 0. The van der Waals surface area contributed by atoms with Crippen LogP contribution in [0.4, 0.5) is 0 Å². The van der Waals surface area contributed by atoms with Crippen molar-refractivity contribution in [2.24, 2.45) is 5.41 Å². The lowest BCUT2D eigenvalue weighted by atomic mass is 10.1. The Morgan fingerprint density at radius 3 is 1.45 bits per heavy atom. The van der Waals surface area contributed by atoms with Gasteiger partial charge < -0.3 is 9.47 Å². The number of carbonyl (C=O) groups excluding carboxylic acids is 2. The van der Waals surface area contributed by atoms with Gasteiger partial charge in [0.2, 0.25) is 0 Å². The molecule has 0 aliphatic heterocycles. The highest BCUT2D eigenvalue weighted by atomic mass is 16.6. The third kappa shape index (κ3) is 3.03. The van der Waals surface area contributed by atoms with Crippen LogP contribution in [0.2, 0.25) is 0 Å². The predicted molar refractivity (Wildman–Crippen MR) is 111 cm³/mol. The third-order valence-electron chi connectivity index (χ3n) is 5.44. The molecule has 0 heterocycles. The SMILES string of the molecule is O=C(Oc1cccc2ccccc12)C1(C(=O)Oc2cccc3ccccc23)CC1. The topological polar surface area (TPSA) is 52.6 Å². The summed E-state index contributed by atoms with van der Waals surface area (Å²) in [6.45, 7) is 0. The van der Waals surface area contributed by atoms with Gasteiger partial charge >= 0.3 is 11.9 Å². The van der Waals surface area contributed by atoms with Crippen molar-refractivity contribution in [3.05, 3.63) is 84.9 Å². The first-order chi connectivity index (χ1) is 14.2. The molecule has 4 aromatic carbocycles. The van der Waals surface area contributed by atoms with E-state index in [9.17, 15) is 9.59 Å². The summed E-state index contributed by atoms with van der Waals surface area (Å²) < 4.78 is 11.3. The molecule has 4 nitrogen and oxygen atoms in total. The van der Waals surface area contributed by atoms with Gasteiger partial charge in [-0.05, 0) is 35.7 Å². The van der Waals surface area contributed by atoms with E-state index in [1.807, 2.05) is 72.8 Å². The lowest BCUT2D eigenvalue weighted by Crippen LogP contribution is -2.33. The molecule has 0 radical (unpaired) electrons. The van der Waals surface area contributed by atoms with E-state index in [2.05, 4.69) is 0 Å². The summed E-state index contributed by atoms with van der Waals surface area (Å²) >= 11 is 0. The average molecular weight is 382 g/mol. The normalized spacial score (nSPS) is 14.5. The first-order valence-electron chi connectivity index (χ1n) is 9.57. The van der Waals surface area contributed by atoms with Gasteiger partial charge in [-0.2, -0.15) is 0 Å². The molecule has 29 heavy (non-hydrogen) atoms. The molecule has 0 amide bonds. The highest BCUT2D eigenvalue weighted by molar-refractivity contribution is 6.06. The molecule has 0 aromatic heterocycles. The van der Waals surface area contributed by atoms with Crippen molar-refractivity contribution < 1.29 is 19.1 Å². The predicted octanol–water partition coefficient (Wildman–Crippen LogP) is 5.28. The van der Waals surface area contributed by atoms with Crippen LogP contribution in [0.5, 0.6) is 11.5 Å². The fourth-order valence-electron chi connectivity index (χ4n) is 3.58. The van der Waals surface area contributed by atoms with Crippen LogP contribution in [-0.4, -0.2) is 11.9 Å². The van der Waals surface area contributed by atoms with Crippen molar-refractivity contribution in [2.75, 3.05) is 0 Å². The van der Waals surface area contributed by atoms with Gasteiger partial charge in [0.1, 0.15) is 11.5 Å². The molecule has 0 saturated heterocycles. The lowest BCUT2D eigenvalue weighted by molar-refractivity contribution is -0.153. The molecule has 0 unspecified atom stereocenters. The van der Waals surface area contributed by atoms with Crippen molar-refractivity contribution in [3.8, 4) is 11.5 Å². The van der Waals surface area contributed by atoms with Crippen molar-refractivity contribution in [1.29, 1.82) is 0 Å². The van der Waals surface area contributed by atoms with Crippen LogP contribution < -0.4 is 9.47 Å². The number of hydrogen-bond acceptors (Lipinski definition) is 4. The number of ether oxygens (including phenoxy) is 2. The van der Waals surface area contributed by atoms with Crippen LogP contribution >= 0.6 is 0 Å². The highest BCUT2D eigenvalue weighted by Crippen LogP contribution is 2.48. The van der Waals surface area contributed by atoms with E-state index >= 15 is 0 Å². The van der Waals surface area contributed by atoms with Gasteiger partial charge in [-0.25, -0.2) is 0 Å². The molecular formula is C25H18O4. The summed E-state index contributed by atoms with van der Waals surface area (Å²) in [6.07, 6.45) is 0.862. The summed E-state index contributed by atoms with van der Waals surface area (Å²) in [7, 11) is 0. The maximum atomic E-state index is 12.9. The van der Waals surface area contributed by atoms with E-state index in [0.29, 0.717) is 24.3 Å². The number of fused-ring (bicyclic) bond motifs is 2. The lowest BCUT2D eigenvalue weighted by Gasteiger charge is -2.15. The number of rotatable bonds is 4. The molecule has 4 heteroatoms. The van der Waals surface area contributed by atoms with Gasteiger partial charge in [0, 0.05) is 10.8 Å². The van der Waals surface area contributed by atoms with Gasteiger partial charge in [-0.3, -0.25) is 9.59 Å². The summed E-state index contributed by atoms with van der Waals surface area (Å²) in [5.41, 5.74) is -1.23. The Bertz CT molecular complexity index is 1150. The molecule has 1 fully saturated rings. The van der Waals surface area contributed by atoms with Crippen LogP contribution in [0.15, 0.2) is 84.9 Å². The summed E-state index contributed by atoms with van der Waals surface area (Å²) in [6, 6.07) is 26.4. The van der Waals surface area contributed by atoms with Gasteiger partial charge in [0.25, 0.3) is 0 Å². The van der Waals surface area contributed by atoms with E-state index in [0.717, 1.165) is 21.5 Å². The average Bonchev–Trinajstić information content (AvgIpc) is 3.57. The van der Waals surface area contributed by atoms with Crippen LogP contribution in [0.25, 0.3) is 21.5 Å². The van der Waals surface area contributed by atoms with Gasteiger partial charge in [-0.1, -0.05) is 72.8 Å². The van der Waals surface area contributed by atoms with Gasteiger partial charge in [-0.15, -0.1) is 0 Å². The zero-order chi connectivity index (χ0) is 19.8. The van der Waals surface area contributed by atoms with Crippen LogP contribution in [0, 0.1) is 5.41 Å². The molecule has 1 aliphatic rings. The minimum atomic E-state index is -1.23. The monoisotopic (exact) mass is 382 g/mol. The van der Waals surface area contributed by atoms with Gasteiger partial charge in [0.05, 0.1) is 0 Å². The van der Waals surface area contributed by atoms with E-state index < -0.39 is 17.4 Å². The molecule has 4 aromatic rings. The quantitative estimate of drug-likeness (QED) is 0.274. The van der Waals surface area contributed by atoms with Crippen LogP contribution in [-0.2, 0) is 9.59 Å². The van der Waals surface area contributed by atoms with E-state index in [1.54, 1.807) is 12.1 Å². The molecule has 0 atom stereocenters. The van der Waals surface area contributed by atoms with Crippen LogP contribution in [0.3, 0.4) is 0 Å². The third-order valence-corrected chi connectivity index (χ3v) is 5.44. The molecule has 1 saturated carbocycles. The zero-order valence-electron chi connectivity index (χ0n) is 15.6. The smallest absolute Gasteiger partial charge is 0.328 e. The second kappa shape index (κ2) is 6.74. The minimum absolute atomic E-state index is 0.431. The Balaban J connectivity index is 1.40. The fraction of sp³-hybridized carbons (Fsp3) is 0.120. The second-order valence-corrected chi connectivity index (χ2v) is 7.32. The summed E-state index contributed by atoms with van der Waals surface area (Å²) in [5, 5.41) is 3.62. The van der Waals surface area contributed by atoms with Gasteiger partial charge in [0.15, 0.2) is 5.41 Å². The maximum Gasteiger partial charge on any atom is 0.328 e.